The van der Waals surface area contributed by atoms with Crippen molar-refractivity contribution in [3.05, 3.63) is 63.6 Å². The normalized spacial score (nSPS) is 17.7. The zero-order valence-corrected chi connectivity index (χ0v) is 11.9. The molecule has 1 atom stereocenters. The molecule has 0 aromatic heterocycles. The van der Waals surface area contributed by atoms with Crippen LogP contribution in [0.4, 0.5) is 18.9 Å². The zero-order chi connectivity index (χ0) is 14.3. The van der Waals surface area contributed by atoms with Crippen LogP contribution >= 0.6 is 15.9 Å². The number of alkyl halides is 3. The smallest absolute Gasteiger partial charge is 0.378 e. The molecule has 1 aliphatic rings. The van der Waals surface area contributed by atoms with Crippen molar-refractivity contribution in [2.24, 2.45) is 0 Å². The summed E-state index contributed by atoms with van der Waals surface area (Å²) in [4.78, 5) is 0. The van der Waals surface area contributed by atoms with Crippen LogP contribution in [0.5, 0.6) is 0 Å². The van der Waals surface area contributed by atoms with Crippen LogP contribution in [-0.2, 0) is 12.6 Å². The molecule has 1 aliphatic heterocycles. The van der Waals surface area contributed by atoms with Gasteiger partial charge in [0.15, 0.2) is 0 Å². The Hall–Kier alpha value is -1.49. The summed E-state index contributed by atoms with van der Waals surface area (Å²) in [6.45, 7) is 0. The summed E-state index contributed by atoms with van der Waals surface area (Å²) < 4.78 is 38.6. The molecule has 20 heavy (non-hydrogen) atoms. The second kappa shape index (κ2) is 4.81. The van der Waals surface area contributed by atoms with Gasteiger partial charge in [-0.3, -0.25) is 0 Å². The maximum atomic E-state index is 12.5. The molecule has 0 spiro atoms. The maximum Gasteiger partial charge on any atom is 0.416 e. The Morgan fingerprint density at radius 2 is 1.75 bits per heavy atom. The molecule has 0 saturated carbocycles. The van der Waals surface area contributed by atoms with E-state index in [0.717, 1.165) is 34.3 Å². The van der Waals surface area contributed by atoms with Gasteiger partial charge in [-0.1, -0.05) is 28.1 Å². The average Bonchev–Trinajstić information content (AvgIpc) is 2.80. The summed E-state index contributed by atoms with van der Waals surface area (Å²) in [5.41, 5.74) is 2.46. The standard InChI is InChI=1S/C15H11BrF3N/c16-12-5-6-13-10(7-12)8-14(20-13)9-1-3-11(4-2-9)15(17,18)19/h1-7,14,20H,8H2. The van der Waals surface area contributed by atoms with Crippen LogP contribution in [0, 0.1) is 0 Å². The molecule has 1 unspecified atom stereocenters. The van der Waals surface area contributed by atoms with Gasteiger partial charge in [0.25, 0.3) is 0 Å². The Labute approximate surface area is 122 Å². The van der Waals surface area contributed by atoms with Gasteiger partial charge in [-0.15, -0.1) is 0 Å². The first-order chi connectivity index (χ1) is 9.43. The van der Waals surface area contributed by atoms with E-state index in [1.54, 1.807) is 12.1 Å². The van der Waals surface area contributed by atoms with Gasteiger partial charge in [0.05, 0.1) is 11.6 Å². The van der Waals surface area contributed by atoms with Gasteiger partial charge >= 0.3 is 6.18 Å². The molecule has 0 bridgehead atoms. The van der Waals surface area contributed by atoms with Gasteiger partial charge in [0.2, 0.25) is 0 Å². The van der Waals surface area contributed by atoms with Gasteiger partial charge < -0.3 is 5.32 Å². The minimum Gasteiger partial charge on any atom is -0.378 e. The lowest BCUT2D eigenvalue weighted by Crippen LogP contribution is -2.08. The number of hydrogen-bond acceptors (Lipinski definition) is 1. The van der Waals surface area contributed by atoms with Crippen molar-refractivity contribution < 1.29 is 13.2 Å². The quantitative estimate of drug-likeness (QED) is 0.753. The molecule has 1 nitrogen and oxygen atoms in total. The van der Waals surface area contributed by atoms with E-state index >= 15 is 0 Å². The highest BCUT2D eigenvalue weighted by Crippen LogP contribution is 2.36. The number of benzene rings is 2. The zero-order valence-electron chi connectivity index (χ0n) is 10.3. The van der Waals surface area contributed by atoms with E-state index in [4.69, 9.17) is 0 Å². The predicted octanol–water partition coefficient (Wildman–Crippen LogP) is 5.18. The number of halogens is 4. The lowest BCUT2D eigenvalue weighted by molar-refractivity contribution is -0.137. The molecule has 104 valence electrons. The fraction of sp³-hybridized carbons (Fsp3) is 0.200. The van der Waals surface area contributed by atoms with E-state index in [0.29, 0.717) is 0 Å². The molecule has 0 amide bonds. The third-order valence-electron chi connectivity index (χ3n) is 3.46. The molecule has 0 saturated heterocycles. The van der Waals surface area contributed by atoms with Crippen molar-refractivity contribution in [3.63, 3.8) is 0 Å². The molecular weight excluding hydrogens is 331 g/mol. The summed E-state index contributed by atoms with van der Waals surface area (Å²) in [6, 6.07) is 11.3. The number of rotatable bonds is 1. The number of hydrogen-bond donors (Lipinski definition) is 1. The molecule has 2 aromatic carbocycles. The molecule has 1 N–H and O–H groups in total. The molecule has 5 heteroatoms. The van der Waals surface area contributed by atoms with Crippen LogP contribution in [0.3, 0.4) is 0 Å². The highest BCUT2D eigenvalue weighted by atomic mass is 79.9. The Morgan fingerprint density at radius 3 is 2.40 bits per heavy atom. The van der Waals surface area contributed by atoms with Gasteiger partial charge in [0.1, 0.15) is 0 Å². The van der Waals surface area contributed by atoms with Crippen molar-refractivity contribution in [3.8, 4) is 0 Å². The van der Waals surface area contributed by atoms with Crippen molar-refractivity contribution in [2.45, 2.75) is 18.6 Å². The monoisotopic (exact) mass is 341 g/mol. The first kappa shape index (κ1) is 13.5. The lowest BCUT2D eigenvalue weighted by atomic mass is 10.0. The molecular formula is C15H11BrF3N. The number of anilines is 1. The van der Waals surface area contributed by atoms with E-state index < -0.39 is 11.7 Å². The molecule has 0 radical (unpaired) electrons. The van der Waals surface area contributed by atoms with Crippen LogP contribution in [0.2, 0.25) is 0 Å². The topological polar surface area (TPSA) is 12.0 Å². The fourth-order valence-corrected chi connectivity index (χ4v) is 2.84. The minimum absolute atomic E-state index is 0.0292. The summed E-state index contributed by atoms with van der Waals surface area (Å²) in [6.07, 6.45) is -3.50. The molecule has 1 heterocycles. The van der Waals surface area contributed by atoms with Crippen LogP contribution in [0.1, 0.15) is 22.7 Å². The fourth-order valence-electron chi connectivity index (χ4n) is 2.44. The van der Waals surface area contributed by atoms with Crippen LogP contribution < -0.4 is 5.32 Å². The molecule has 2 aromatic rings. The molecule has 0 fully saturated rings. The average molecular weight is 342 g/mol. The largest absolute Gasteiger partial charge is 0.416 e. The third kappa shape index (κ3) is 2.54. The van der Waals surface area contributed by atoms with Crippen LogP contribution in [0.25, 0.3) is 0 Å². The Balaban J connectivity index is 1.83. The van der Waals surface area contributed by atoms with Crippen molar-refractivity contribution >= 4 is 21.6 Å². The summed E-state index contributed by atoms with van der Waals surface area (Å²) >= 11 is 3.42. The van der Waals surface area contributed by atoms with Gasteiger partial charge in [0, 0.05) is 10.2 Å². The van der Waals surface area contributed by atoms with E-state index in [1.165, 1.54) is 5.56 Å². The Bertz CT molecular complexity index is 635. The molecule has 3 rings (SSSR count). The highest BCUT2D eigenvalue weighted by molar-refractivity contribution is 9.10. The number of nitrogens with one attached hydrogen (secondary N) is 1. The second-order valence-corrected chi connectivity index (χ2v) is 5.74. The highest BCUT2D eigenvalue weighted by Gasteiger charge is 2.30. The van der Waals surface area contributed by atoms with Crippen LogP contribution in [-0.4, -0.2) is 0 Å². The minimum atomic E-state index is -4.28. The Kier molecular flexibility index (Phi) is 3.24. The van der Waals surface area contributed by atoms with E-state index in [9.17, 15) is 13.2 Å². The maximum absolute atomic E-state index is 12.5. The van der Waals surface area contributed by atoms with E-state index in [-0.39, 0.29) is 6.04 Å². The predicted molar refractivity (Wildman–Crippen MR) is 75.7 cm³/mol. The Morgan fingerprint density at radius 1 is 1.05 bits per heavy atom. The van der Waals surface area contributed by atoms with Crippen molar-refractivity contribution in [1.29, 1.82) is 0 Å². The second-order valence-electron chi connectivity index (χ2n) is 4.82. The third-order valence-corrected chi connectivity index (χ3v) is 3.95. The van der Waals surface area contributed by atoms with Gasteiger partial charge in [-0.2, -0.15) is 13.2 Å². The summed E-state index contributed by atoms with van der Waals surface area (Å²) in [7, 11) is 0. The van der Waals surface area contributed by atoms with E-state index in [2.05, 4.69) is 21.2 Å². The first-order valence-electron chi connectivity index (χ1n) is 6.15. The first-order valence-corrected chi connectivity index (χ1v) is 6.95. The van der Waals surface area contributed by atoms with Crippen molar-refractivity contribution in [1.82, 2.24) is 0 Å². The van der Waals surface area contributed by atoms with E-state index in [1.807, 2.05) is 18.2 Å². The van der Waals surface area contributed by atoms with Crippen molar-refractivity contribution in [2.75, 3.05) is 5.32 Å². The molecule has 0 aliphatic carbocycles. The SMILES string of the molecule is FC(F)(F)c1ccc(C2Cc3cc(Br)ccc3N2)cc1. The van der Waals surface area contributed by atoms with Crippen LogP contribution in [0.15, 0.2) is 46.9 Å². The number of fused-ring (bicyclic) bond motifs is 1. The lowest BCUT2D eigenvalue weighted by Gasteiger charge is -2.13. The van der Waals surface area contributed by atoms with Gasteiger partial charge in [-0.05, 0) is 47.9 Å². The van der Waals surface area contributed by atoms with Gasteiger partial charge in [-0.25, -0.2) is 0 Å². The summed E-state index contributed by atoms with van der Waals surface area (Å²) in [5.74, 6) is 0. The summed E-state index contributed by atoms with van der Waals surface area (Å²) in [5, 5.41) is 3.33.